The number of hydrogen-bond donors (Lipinski definition) is 0. The number of carbonyl (C=O) groups excluding carboxylic acids is 1. The number of carbonyl (C=O) groups is 1. The molecule has 0 saturated carbocycles. The minimum absolute atomic E-state index is 0.00402. The molecule has 0 radical (unpaired) electrons. The van der Waals surface area contributed by atoms with E-state index in [1.54, 1.807) is 4.90 Å². The number of rotatable bonds is 2. The van der Waals surface area contributed by atoms with Gasteiger partial charge in [0.1, 0.15) is 6.54 Å². The standard InChI is InChI=1S/C19H17N3O2/c1-13-6-7-16-15(10-13)19(24)21(12-20-16)11-18(23)22-9-8-14-4-2-3-5-17(14)22/h2-7,10,12H,8-9,11H2,1H3. The summed E-state index contributed by atoms with van der Waals surface area (Å²) in [6.45, 7) is 2.60. The molecule has 120 valence electrons. The van der Waals surface area contributed by atoms with Gasteiger partial charge in [0.25, 0.3) is 5.56 Å². The second-order valence-corrected chi connectivity index (χ2v) is 6.12. The van der Waals surface area contributed by atoms with E-state index in [4.69, 9.17) is 0 Å². The summed E-state index contributed by atoms with van der Waals surface area (Å²) in [5, 5.41) is 0.548. The van der Waals surface area contributed by atoms with Gasteiger partial charge in [-0.1, -0.05) is 29.8 Å². The highest BCUT2D eigenvalue weighted by Crippen LogP contribution is 2.27. The topological polar surface area (TPSA) is 55.2 Å². The molecule has 0 spiro atoms. The second-order valence-electron chi connectivity index (χ2n) is 6.12. The van der Waals surface area contributed by atoms with E-state index in [1.165, 1.54) is 16.5 Å². The summed E-state index contributed by atoms with van der Waals surface area (Å²) in [4.78, 5) is 31.4. The van der Waals surface area contributed by atoms with E-state index >= 15 is 0 Å². The van der Waals surface area contributed by atoms with E-state index in [0.717, 1.165) is 17.7 Å². The Morgan fingerprint density at radius 3 is 2.92 bits per heavy atom. The third kappa shape index (κ3) is 2.38. The van der Waals surface area contributed by atoms with E-state index in [9.17, 15) is 9.59 Å². The smallest absolute Gasteiger partial charge is 0.261 e. The summed E-state index contributed by atoms with van der Waals surface area (Å²) in [6, 6.07) is 13.5. The summed E-state index contributed by atoms with van der Waals surface area (Å²) in [7, 11) is 0. The van der Waals surface area contributed by atoms with Crippen molar-refractivity contribution in [2.75, 3.05) is 11.4 Å². The van der Waals surface area contributed by atoms with Gasteiger partial charge in [0.2, 0.25) is 5.91 Å². The molecular weight excluding hydrogens is 302 g/mol. The van der Waals surface area contributed by atoms with Gasteiger partial charge in [0, 0.05) is 12.2 Å². The molecule has 5 nitrogen and oxygen atoms in total. The van der Waals surface area contributed by atoms with Crippen LogP contribution < -0.4 is 10.5 Å². The Hall–Kier alpha value is -2.95. The van der Waals surface area contributed by atoms with Crippen molar-refractivity contribution in [3.63, 3.8) is 0 Å². The van der Waals surface area contributed by atoms with Crippen LogP contribution in [0, 0.1) is 6.92 Å². The predicted octanol–water partition coefficient (Wildman–Crippen LogP) is 2.29. The van der Waals surface area contributed by atoms with Gasteiger partial charge in [0.05, 0.1) is 17.2 Å². The number of amides is 1. The first kappa shape index (κ1) is 14.6. The molecule has 1 aliphatic rings. The Bertz CT molecular complexity index is 1010. The van der Waals surface area contributed by atoms with Crippen molar-refractivity contribution < 1.29 is 4.79 Å². The average molecular weight is 319 g/mol. The van der Waals surface area contributed by atoms with Gasteiger partial charge in [0.15, 0.2) is 0 Å². The van der Waals surface area contributed by atoms with Crippen LogP contribution in [0.2, 0.25) is 0 Å². The number of nitrogens with zero attached hydrogens (tertiary/aromatic N) is 3. The highest BCUT2D eigenvalue weighted by Gasteiger charge is 2.24. The zero-order valence-electron chi connectivity index (χ0n) is 13.4. The van der Waals surface area contributed by atoms with E-state index in [0.29, 0.717) is 17.4 Å². The molecule has 24 heavy (non-hydrogen) atoms. The lowest BCUT2D eigenvalue weighted by atomic mass is 10.2. The molecule has 0 saturated heterocycles. The van der Waals surface area contributed by atoms with Crippen LogP contribution in [0.1, 0.15) is 11.1 Å². The van der Waals surface area contributed by atoms with Crippen molar-refractivity contribution in [3.05, 3.63) is 70.3 Å². The van der Waals surface area contributed by atoms with Crippen molar-refractivity contribution >= 4 is 22.5 Å². The number of anilines is 1. The summed E-state index contributed by atoms with van der Waals surface area (Å²) in [5.41, 5.74) is 3.59. The van der Waals surface area contributed by atoms with Crippen molar-refractivity contribution in [1.82, 2.24) is 9.55 Å². The van der Waals surface area contributed by atoms with Gasteiger partial charge in [-0.25, -0.2) is 4.98 Å². The number of para-hydroxylation sites is 1. The maximum Gasteiger partial charge on any atom is 0.261 e. The molecule has 4 rings (SSSR count). The number of aromatic nitrogens is 2. The summed E-state index contributed by atoms with van der Waals surface area (Å²) < 4.78 is 1.39. The van der Waals surface area contributed by atoms with E-state index in [-0.39, 0.29) is 18.0 Å². The highest BCUT2D eigenvalue weighted by molar-refractivity contribution is 5.95. The number of fused-ring (bicyclic) bond motifs is 2. The van der Waals surface area contributed by atoms with Gasteiger partial charge < -0.3 is 4.90 Å². The fraction of sp³-hybridized carbons (Fsp3) is 0.211. The molecule has 5 heteroatoms. The molecule has 0 bridgehead atoms. The van der Waals surface area contributed by atoms with Crippen LogP contribution in [0.4, 0.5) is 5.69 Å². The summed E-state index contributed by atoms with van der Waals surface area (Å²) in [6.07, 6.45) is 2.31. The van der Waals surface area contributed by atoms with Crippen LogP contribution in [-0.2, 0) is 17.8 Å². The van der Waals surface area contributed by atoms with Gasteiger partial charge in [-0.3, -0.25) is 14.2 Å². The third-order valence-corrected chi connectivity index (χ3v) is 4.47. The van der Waals surface area contributed by atoms with Crippen LogP contribution in [0.3, 0.4) is 0 Å². The van der Waals surface area contributed by atoms with Crippen LogP contribution in [0.25, 0.3) is 10.9 Å². The van der Waals surface area contributed by atoms with Gasteiger partial charge in [-0.15, -0.1) is 0 Å². The molecule has 2 aromatic carbocycles. The van der Waals surface area contributed by atoms with E-state index in [2.05, 4.69) is 4.98 Å². The molecule has 0 aliphatic carbocycles. The van der Waals surface area contributed by atoms with E-state index in [1.807, 2.05) is 49.4 Å². The third-order valence-electron chi connectivity index (χ3n) is 4.47. The van der Waals surface area contributed by atoms with Gasteiger partial charge in [-0.05, 0) is 37.1 Å². The zero-order valence-corrected chi connectivity index (χ0v) is 13.4. The maximum atomic E-state index is 12.7. The van der Waals surface area contributed by atoms with Crippen molar-refractivity contribution in [1.29, 1.82) is 0 Å². The number of hydrogen-bond acceptors (Lipinski definition) is 3. The Kier molecular flexibility index (Phi) is 3.41. The van der Waals surface area contributed by atoms with Gasteiger partial charge in [-0.2, -0.15) is 0 Å². The average Bonchev–Trinajstić information content (AvgIpc) is 3.02. The molecule has 3 aromatic rings. The lowest BCUT2D eigenvalue weighted by molar-refractivity contribution is -0.119. The van der Waals surface area contributed by atoms with Crippen LogP contribution in [0.15, 0.2) is 53.6 Å². The predicted molar refractivity (Wildman–Crippen MR) is 93.2 cm³/mol. The molecule has 0 unspecified atom stereocenters. The number of aryl methyl sites for hydroxylation is 1. The normalized spacial score (nSPS) is 13.3. The SMILES string of the molecule is Cc1ccc2ncn(CC(=O)N3CCc4ccccc43)c(=O)c2c1. The molecular formula is C19H17N3O2. The molecule has 0 atom stereocenters. The van der Waals surface area contributed by atoms with E-state index < -0.39 is 0 Å². The molecule has 0 N–H and O–H groups in total. The monoisotopic (exact) mass is 319 g/mol. The van der Waals surface area contributed by atoms with Crippen molar-refractivity contribution in [2.24, 2.45) is 0 Å². The Morgan fingerprint density at radius 2 is 2.04 bits per heavy atom. The molecule has 2 heterocycles. The maximum absolute atomic E-state index is 12.7. The van der Waals surface area contributed by atoms with Crippen LogP contribution in [-0.4, -0.2) is 22.0 Å². The van der Waals surface area contributed by atoms with Crippen LogP contribution >= 0.6 is 0 Å². The van der Waals surface area contributed by atoms with Crippen molar-refractivity contribution in [2.45, 2.75) is 19.9 Å². The van der Waals surface area contributed by atoms with Crippen molar-refractivity contribution in [3.8, 4) is 0 Å². The summed E-state index contributed by atoms with van der Waals surface area (Å²) in [5.74, 6) is -0.0872. The summed E-state index contributed by atoms with van der Waals surface area (Å²) >= 11 is 0. The fourth-order valence-corrected chi connectivity index (χ4v) is 3.21. The minimum atomic E-state index is -0.176. The molecule has 1 aromatic heterocycles. The number of benzene rings is 2. The zero-order chi connectivity index (χ0) is 16.7. The Balaban J connectivity index is 1.67. The second kappa shape index (κ2) is 5.60. The first-order valence-corrected chi connectivity index (χ1v) is 7.97. The van der Waals surface area contributed by atoms with Crippen LogP contribution in [0.5, 0.6) is 0 Å². The molecule has 0 fully saturated rings. The minimum Gasteiger partial charge on any atom is -0.310 e. The quantitative estimate of drug-likeness (QED) is 0.728. The van der Waals surface area contributed by atoms with Gasteiger partial charge >= 0.3 is 0 Å². The fourth-order valence-electron chi connectivity index (χ4n) is 3.21. The molecule has 1 amide bonds. The lowest BCUT2D eigenvalue weighted by Gasteiger charge is -2.18. The molecule has 1 aliphatic heterocycles. The highest BCUT2D eigenvalue weighted by atomic mass is 16.2. The Labute approximate surface area is 139 Å². The largest absolute Gasteiger partial charge is 0.310 e. The Morgan fingerprint density at radius 1 is 1.21 bits per heavy atom. The first-order chi connectivity index (χ1) is 11.6. The lowest BCUT2D eigenvalue weighted by Crippen LogP contribution is -2.35. The first-order valence-electron chi connectivity index (χ1n) is 7.97.